The van der Waals surface area contributed by atoms with Gasteiger partial charge in [-0.05, 0) is 67.0 Å². The zero-order valence-electron chi connectivity index (χ0n) is 14.7. The fraction of sp³-hybridized carbons (Fsp3) is 0.409. The largest absolute Gasteiger partial charge is 0.459 e. The van der Waals surface area contributed by atoms with E-state index in [1.54, 1.807) is 24.3 Å². The van der Waals surface area contributed by atoms with Crippen LogP contribution in [0.2, 0.25) is 0 Å². The summed E-state index contributed by atoms with van der Waals surface area (Å²) in [5.74, 6) is 0.303. The third kappa shape index (κ3) is 4.68. The Kier molecular flexibility index (Phi) is 5.85. The van der Waals surface area contributed by atoms with E-state index in [-0.39, 0.29) is 17.9 Å². The first kappa shape index (κ1) is 17.7. The van der Waals surface area contributed by atoms with Crippen molar-refractivity contribution in [1.29, 1.82) is 0 Å². The average molecular weight is 340 g/mol. The molecule has 0 saturated heterocycles. The normalized spacial score (nSPS) is 20.2. The van der Waals surface area contributed by atoms with E-state index < -0.39 is 0 Å². The number of hydrogen-bond donors (Lipinski definition) is 0. The predicted octanol–water partition coefficient (Wildman–Crippen LogP) is 6.01. The fourth-order valence-electron chi connectivity index (χ4n) is 3.61. The van der Waals surface area contributed by atoms with Crippen molar-refractivity contribution in [2.45, 2.75) is 51.6 Å². The highest BCUT2D eigenvalue weighted by molar-refractivity contribution is 5.90. The van der Waals surface area contributed by atoms with E-state index in [9.17, 15) is 9.18 Å². The van der Waals surface area contributed by atoms with Crippen molar-refractivity contribution >= 4 is 5.97 Å². The van der Waals surface area contributed by atoms with Gasteiger partial charge in [0.05, 0.1) is 5.56 Å². The summed E-state index contributed by atoms with van der Waals surface area (Å²) in [6.45, 7) is 2.22. The Labute approximate surface area is 149 Å². The molecule has 25 heavy (non-hydrogen) atoms. The SMILES string of the molecule is CCC[C@H]1CC[C@H](OC(=O)c2ccc(-c3ccc(F)cc3)cc2)CC1. The number of ether oxygens (including phenoxy) is 1. The van der Waals surface area contributed by atoms with Gasteiger partial charge in [0.15, 0.2) is 0 Å². The van der Waals surface area contributed by atoms with Gasteiger partial charge in [-0.1, -0.05) is 44.0 Å². The van der Waals surface area contributed by atoms with Crippen LogP contribution in [0.5, 0.6) is 0 Å². The Morgan fingerprint density at radius 3 is 2.08 bits per heavy atom. The van der Waals surface area contributed by atoms with E-state index in [4.69, 9.17) is 4.74 Å². The Hall–Kier alpha value is -2.16. The van der Waals surface area contributed by atoms with Gasteiger partial charge in [0.2, 0.25) is 0 Å². The molecule has 1 aliphatic carbocycles. The summed E-state index contributed by atoms with van der Waals surface area (Å²) < 4.78 is 18.7. The van der Waals surface area contributed by atoms with E-state index in [1.165, 1.54) is 25.0 Å². The van der Waals surface area contributed by atoms with Crippen molar-refractivity contribution in [3.05, 3.63) is 59.9 Å². The standard InChI is InChI=1S/C22H25FO2/c1-2-3-16-4-14-21(15-5-16)25-22(24)19-8-6-17(7-9-19)18-10-12-20(23)13-11-18/h6-13,16,21H,2-5,14-15H2,1H3/t16-,21-. The minimum atomic E-state index is -0.252. The van der Waals surface area contributed by atoms with Gasteiger partial charge in [0, 0.05) is 0 Å². The van der Waals surface area contributed by atoms with Crippen molar-refractivity contribution in [2.24, 2.45) is 5.92 Å². The topological polar surface area (TPSA) is 26.3 Å². The fourth-order valence-corrected chi connectivity index (χ4v) is 3.61. The van der Waals surface area contributed by atoms with E-state index >= 15 is 0 Å². The molecule has 0 N–H and O–H groups in total. The van der Waals surface area contributed by atoms with Crippen LogP contribution >= 0.6 is 0 Å². The van der Waals surface area contributed by atoms with Gasteiger partial charge < -0.3 is 4.74 Å². The summed E-state index contributed by atoms with van der Waals surface area (Å²) in [5, 5.41) is 0. The highest BCUT2D eigenvalue weighted by atomic mass is 19.1. The summed E-state index contributed by atoms with van der Waals surface area (Å²) in [6.07, 6.45) is 6.84. The second-order valence-corrected chi connectivity index (χ2v) is 6.92. The molecule has 0 aliphatic heterocycles. The molecule has 0 amide bonds. The lowest BCUT2D eigenvalue weighted by molar-refractivity contribution is 0.0161. The number of benzene rings is 2. The number of halogens is 1. The van der Waals surface area contributed by atoms with Gasteiger partial charge in [-0.15, -0.1) is 0 Å². The molecule has 0 radical (unpaired) electrons. The van der Waals surface area contributed by atoms with Gasteiger partial charge in [-0.2, -0.15) is 0 Å². The van der Waals surface area contributed by atoms with Crippen LogP contribution in [0.25, 0.3) is 11.1 Å². The Morgan fingerprint density at radius 2 is 1.52 bits per heavy atom. The van der Waals surface area contributed by atoms with E-state index in [0.717, 1.165) is 42.7 Å². The Bertz CT molecular complexity index is 683. The second-order valence-electron chi connectivity index (χ2n) is 6.92. The Morgan fingerprint density at radius 1 is 0.960 bits per heavy atom. The summed E-state index contributed by atoms with van der Waals surface area (Å²) >= 11 is 0. The molecule has 132 valence electrons. The molecule has 1 fully saturated rings. The second kappa shape index (κ2) is 8.28. The van der Waals surface area contributed by atoms with Gasteiger partial charge in [-0.3, -0.25) is 0 Å². The van der Waals surface area contributed by atoms with Crippen molar-refractivity contribution in [1.82, 2.24) is 0 Å². The smallest absolute Gasteiger partial charge is 0.338 e. The lowest BCUT2D eigenvalue weighted by atomic mass is 9.85. The lowest BCUT2D eigenvalue weighted by Crippen LogP contribution is -2.24. The van der Waals surface area contributed by atoms with Crippen LogP contribution in [0, 0.1) is 11.7 Å². The maximum absolute atomic E-state index is 13.0. The first-order valence-electron chi connectivity index (χ1n) is 9.22. The van der Waals surface area contributed by atoms with Crippen LogP contribution in [0.3, 0.4) is 0 Å². The highest BCUT2D eigenvalue weighted by Crippen LogP contribution is 2.30. The monoisotopic (exact) mass is 340 g/mol. The molecule has 2 aromatic rings. The summed E-state index contributed by atoms with van der Waals surface area (Å²) in [5.41, 5.74) is 2.45. The van der Waals surface area contributed by atoms with Gasteiger partial charge >= 0.3 is 5.97 Å². The average Bonchev–Trinajstić information content (AvgIpc) is 2.64. The van der Waals surface area contributed by atoms with Gasteiger partial charge in [0.1, 0.15) is 11.9 Å². The number of hydrogen-bond acceptors (Lipinski definition) is 2. The minimum absolute atomic E-state index is 0.0531. The number of esters is 1. The number of rotatable bonds is 5. The molecule has 1 saturated carbocycles. The van der Waals surface area contributed by atoms with Crippen LogP contribution in [0.1, 0.15) is 55.8 Å². The van der Waals surface area contributed by atoms with Crippen molar-refractivity contribution in [3.8, 4) is 11.1 Å². The van der Waals surface area contributed by atoms with Crippen molar-refractivity contribution in [3.63, 3.8) is 0 Å². The molecule has 3 heteroatoms. The molecular formula is C22H25FO2. The van der Waals surface area contributed by atoms with Crippen LogP contribution in [0.15, 0.2) is 48.5 Å². The quantitative estimate of drug-likeness (QED) is 0.623. The maximum atomic E-state index is 13.0. The molecule has 0 bridgehead atoms. The van der Waals surface area contributed by atoms with Crippen LogP contribution < -0.4 is 0 Å². The zero-order valence-corrected chi connectivity index (χ0v) is 14.7. The van der Waals surface area contributed by atoms with E-state index in [2.05, 4.69) is 6.92 Å². The lowest BCUT2D eigenvalue weighted by Gasteiger charge is -2.28. The number of carbonyl (C=O) groups is 1. The van der Waals surface area contributed by atoms with Gasteiger partial charge in [-0.25, -0.2) is 9.18 Å². The summed E-state index contributed by atoms with van der Waals surface area (Å²) in [4.78, 5) is 12.3. The van der Waals surface area contributed by atoms with Crippen LogP contribution in [-0.4, -0.2) is 12.1 Å². The highest BCUT2D eigenvalue weighted by Gasteiger charge is 2.23. The molecule has 0 unspecified atom stereocenters. The van der Waals surface area contributed by atoms with Crippen LogP contribution in [-0.2, 0) is 4.74 Å². The first-order chi connectivity index (χ1) is 12.2. The minimum Gasteiger partial charge on any atom is -0.459 e. The summed E-state index contributed by atoms with van der Waals surface area (Å²) in [6, 6.07) is 13.7. The zero-order chi connectivity index (χ0) is 17.6. The molecule has 0 aromatic heterocycles. The van der Waals surface area contributed by atoms with Gasteiger partial charge in [0.25, 0.3) is 0 Å². The third-order valence-electron chi connectivity index (χ3n) is 5.06. The Balaban J connectivity index is 1.57. The molecule has 2 aromatic carbocycles. The molecule has 2 nitrogen and oxygen atoms in total. The molecule has 0 spiro atoms. The molecule has 0 heterocycles. The molecule has 3 rings (SSSR count). The van der Waals surface area contributed by atoms with E-state index in [1.807, 2.05) is 12.1 Å². The van der Waals surface area contributed by atoms with E-state index in [0.29, 0.717) is 5.56 Å². The molecular weight excluding hydrogens is 315 g/mol. The first-order valence-corrected chi connectivity index (χ1v) is 9.22. The third-order valence-corrected chi connectivity index (χ3v) is 5.06. The maximum Gasteiger partial charge on any atom is 0.338 e. The van der Waals surface area contributed by atoms with Crippen molar-refractivity contribution in [2.75, 3.05) is 0 Å². The number of carbonyl (C=O) groups excluding carboxylic acids is 1. The molecule has 1 aliphatic rings. The predicted molar refractivity (Wildman–Crippen MR) is 97.9 cm³/mol. The van der Waals surface area contributed by atoms with Crippen molar-refractivity contribution < 1.29 is 13.9 Å². The summed E-state index contributed by atoms with van der Waals surface area (Å²) in [7, 11) is 0. The molecule has 0 atom stereocenters. The van der Waals surface area contributed by atoms with Crippen LogP contribution in [0.4, 0.5) is 4.39 Å².